The van der Waals surface area contributed by atoms with Crippen molar-refractivity contribution in [2.45, 2.75) is 20.8 Å². The van der Waals surface area contributed by atoms with Crippen LogP contribution in [0.5, 0.6) is 0 Å². The summed E-state index contributed by atoms with van der Waals surface area (Å²) in [7, 11) is 0. The Balaban J connectivity index is 3.02. The molecule has 0 aliphatic rings. The highest BCUT2D eigenvalue weighted by atomic mass is 16.1. The van der Waals surface area contributed by atoms with Gasteiger partial charge in [0.25, 0.3) is 0 Å². The molecule has 0 bridgehead atoms. The molecule has 6 heteroatoms. The second-order valence-corrected chi connectivity index (χ2v) is 3.00. The Bertz CT molecular complexity index is 358. The zero-order chi connectivity index (χ0) is 11.3. The second kappa shape index (κ2) is 5.33. The van der Waals surface area contributed by atoms with Crippen molar-refractivity contribution in [2.24, 2.45) is 0 Å². The van der Waals surface area contributed by atoms with Crippen LogP contribution in [0.1, 0.15) is 20.8 Å². The summed E-state index contributed by atoms with van der Waals surface area (Å²) in [6, 6.07) is 0. The molecule has 0 fully saturated rings. The molecule has 1 aromatic rings. The van der Waals surface area contributed by atoms with E-state index in [1.165, 1.54) is 0 Å². The van der Waals surface area contributed by atoms with E-state index in [4.69, 9.17) is 0 Å². The largest absolute Gasteiger partial charge is 0.356 e. The fraction of sp³-hybridized carbons (Fsp3) is 0.667. The Morgan fingerprint density at radius 2 is 1.93 bits per heavy atom. The summed E-state index contributed by atoms with van der Waals surface area (Å²) < 4.78 is 0. The van der Waals surface area contributed by atoms with Crippen molar-refractivity contribution in [3.63, 3.8) is 0 Å². The lowest BCUT2D eigenvalue weighted by molar-refractivity contribution is 0.802. The zero-order valence-corrected chi connectivity index (χ0v) is 9.37. The molecule has 0 amide bonds. The van der Waals surface area contributed by atoms with Gasteiger partial charge in [-0.25, -0.2) is 4.79 Å². The van der Waals surface area contributed by atoms with Crippen LogP contribution < -0.4 is 15.9 Å². The third-order valence-corrected chi connectivity index (χ3v) is 2.03. The normalized spacial score (nSPS) is 10.1. The fourth-order valence-electron chi connectivity index (χ4n) is 1.27. The second-order valence-electron chi connectivity index (χ2n) is 3.00. The number of aromatic amines is 1. The Hall–Kier alpha value is -1.59. The Morgan fingerprint density at radius 3 is 2.47 bits per heavy atom. The third kappa shape index (κ3) is 2.93. The van der Waals surface area contributed by atoms with E-state index in [2.05, 4.69) is 20.3 Å². The van der Waals surface area contributed by atoms with Gasteiger partial charge in [0, 0.05) is 19.6 Å². The van der Waals surface area contributed by atoms with Crippen LogP contribution in [0, 0.1) is 0 Å². The number of nitrogens with zero attached hydrogens (tertiary/aromatic N) is 3. The molecular formula is C9H17N5O. The van der Waals surface area contributed by atoms with Crippen molar-refractivity contribution < 1.29 is 0 Å². The minimum absolute atomic E-state index is 0.372. The summed E-state index contributed by atoms with van der Waals surface area (Å²) >= 11 is 0. The van der Waals surface area contributed by atoms with E-state index in [-0.39, 0.29) is 5.69 Å². The van der Waals surface area contributed by atoms with Gasteiger partial charge in [-0.2, -0.15) is 9.97 Å². The maximum atomic E-state index is 11.2. The van der Waals surface area contributed by atoms with Gasteiger partial charge < -0.3 is 10.2 Å². The lowest BCUT2D eigenvalue weighted by atomic mass is 10.5. The molecule has 0 saturated heterocycles. The summed E-state index contributed by atoms with van der Waals surface area (Å²) in [6.45, 7) is 8.22. The van der Waals surface area contributed by atoms with Crippen LogP contribution in [0.4, 0.5) is 11.9 Å². The highest BCUT2D eigenvalue weighted by Gasteiger charge is 2.07. The van der Waals surface area contributed by atoms with E-state index in [1.807, 2.05) is 25.7 Å². The predicted molar refractivity (Wildman–Crippen MR) is 60.4 cm³/mol. The van der Waals surface area contributed by atoms with Crippen molar-refractivity contribution in [1.29, 1.82) is 0 Å². The number of H-pyrrole nitrogens is 1. The van der Waals surface area contributed by atoms with Crippen molar-refractivity contribution in [3.05, 3.63) is 10.5 Å². The zero-order valence-electron chi connectivity index (χ0n) is 9.37. The van der Waals surface area contributed by atoms with E-state index < -0.39 is 0 Å². The van der Waals surface area contributed by atoms with Gasteiger partial charge in [-0.1, -0.05) is 0 Å². The van der Waals surface area contributed by atoms with Crippen LogP contribution in [0.3, 0.4) is 0 Å². The van der Waals surface area contributed by atoms with Crippen LogP contribution in [0.25, 0.3) is 0 Å². The molecule has 6 nitrogen and oxygen atoms in total. The summed E-state index contributed by atoms with van der Waals surface area (Å²) in [4.78, 5) is 23.7. The molecule has 0 aliphatic carbocycles. The Morgan fingerprint density at radius 1 is 1.27 bits per heavy atom. The molecule has 84 valence electrons. The molecule has 0 atom stereocenters. The number of hydrogen-bond acceptors (Lipinski definition) is 5. The standard InChI is InChI=1S/C9H17N5O/c1-4-10-7-11-8(13-9(15)12-7)14(5-2)6-3/h4-6H2,1-3H3,(H2,10,11,12,13,15). The highest BCUT2D eigenvalue weighted by Crippen LogP contribution is 2.05. The molecule has 2 N–H and O–H groups in total. The number of nitrogens with one attached hydrogen (secondary N) is 2. The van der Waals surface area contributed by atoms with Gasteiger partial charge in [0.15, 0.2) is 0 Å². The smallest absolute Gasteiger partial charge is 0.350 e. The van der Waals surface area contributed by atoms with Crippen LogP contribution in [0.2, 0.25) is 0 Å². The summed E-state index contributed by atoms with van der Waals surface area (Å²) in [5, 5.41) is 2.96. The monoisotopic (exact) mass is 211 g/mol. The number of anilines is 2. The van der Waals surface area contributed by atoms with Crippen molar-refractivity contribution >= 4 is 11.9 Å². The van der Waals surface area contributed by atoms with Gasteiger partial charge in [0.1, 0.15) is 0 Å². The third-order valence-electron chi connectivity index (χ3n) is 2.03. The molecule has 1 aromatic heterocycles. The van der Waals surface area contributed by atoms with E-state index >= 15 is 0 Å². The molecule has 1 rings (SSSR count). The summed E-state index contributed by atoms with van der Waals surface area (Å²) in [5.74, 6) is 0.944. The minimum atomic E-state index is -0.372. The molecule has 0 saturated carbocycles. The first-order valence-electron chi connectivity index (χ1n) is 5.18. The maximum absolute atomic E-state index is 11.2. The molecule has 0 aromatic carbocycles. The summed E-state index contributed by atoms with van der Waals surface area (Å²) in [6.07, 6.45) is 0. The lowest BCUT2D eigenvalue weighted by Crippen LogP contribution is -2.28. The number of aromatic nitrogens is 3. The molecule has 0 spiro atoms. The van der Waals surface area contributed by atoms with E-state index in [1.54, 1.807) is 0 Å². The minimum Gasteiger partial charge on any atom is -0.356 e. The molecular weight excluding hydrogens is 194 g/mol. The predicted octanol–water partition coefficient (Wildman–Crippen LogP) is 0.443. The van der Waals surface area contributed by atoms with Crippen LogP contribution in [0.15, 0.2) is 4.79 Å². The lowest BCUT2D eigenvalue weighted by Gasteiger charge is -2.18. The molecule has 1 heterocycles. The van der Waals surface area contributed by atoms with E-state index in [9.17, 15) is 4.79 Å². The molecule has 15 heavy (non-hydrogen) atoms. The van der Waals surface area contributed by atoms with Gasteiger partial charge in [0.2, 0.25) is 11.9 Å². The first-order valence-corrected chi connectivity index (χ1v) is 5.18. The molecule has 0 aliphatic heterocycles. The Labute approximate surface area is 88.8 Å². The highest BCUT2D eigenvalue weighted by molar-refractivity contribution is 5.35. The van der Waals surface area contributed by atoms with Gasteiger partial charge >= 0.3 is 5.69 Å². The average Bonchev–Trinajstić information content (AvgIpc) is 2.19. The van der Waals surface area contributed by atoms with Crippen LogP contribution in [-0.4, -0.2) is 34.6 Å². The van der Waals surface area contributed by atoms with E-state index in [0.29, 0.717) is 18.4 Å². The van der Waals surface area contributed by atoms with Crippen molar-refractivity contribution in [3.8, 4) is 0 Å². The summed E-state index contributed by atoms with van der Waals surface area (Å²) in [5.41, 5.74) is -0.372. The topological polar surface area (TPSA) is 73.9 Å². The molecule has 0 unspecified atom stereocenters. The first kappa shape index (κ1) is 11.5. The fourth-order valence-corrected chi connectivity index (χ4v) is 1.27. The van der Waals surface area contributed by atoms with Gasteiger partial charge in [-0.3, -0.25) is 4.98 Å². The van der Waals surface area contributed by atoms with Crippen LogP contribution >= 0.6 is 0 Å². The van der Waals surface area contributed by atoms with Gasteiger partial charge in [0.05, 0.1) is 0 Å². The number of rotatable bonds is 5. The van der Waals surface area contributed by atoms with Crippen molar-refractivity contribution in [2.75, 3.05) is 29.9 Å². The van der Waals surface area contributed by atoms with E-state index in [0.717, 1.165) is 13.1 Å². The number of hydrogen-bond donors (Lipinski definition) is 2. The Kier molecular flexibility index (Phi) is 4.08. The van der Waals surface area contributed by atoms with Crippen LogP contribution in [-0.2, 0) is 0 Å². The SMILES string of the molecule is CCNc1nc(N(CC)CC)nc(=O)[nH]1. The van der Waals surface area contributed by atoms with Crippen molar-refractivity contribution in [1.82, 2.24) is 15.0 Å². The first-order chi connectivity index (χ1) is 7.21. The molecule has 0 radical (unpaired) electrons. The quantitative estimate of drug-likeness (QED) is 0.739. The average molecular weight is 211 g/mol. The van der Waals surface area contributed by atoms with Gasteiger partial charge in [-0.15, -0.1) is 0 Å². The van der Waals surface area contributed by atoms with Gasteiger partial charge in [-0.05, 0) is 20.8 Å². The maximum Gasteiger partial charge on any atom is 0.350 e.